The highest BCUT2D eigenvalue weighted by molar-refractivity contribution is 5.02. The van der Waals surface area contributed by atoms with E-state index < -0.39 is 0 Å². The SMILES string of the molecule is CC(C)(C)OOC1C(C)(C)CC(C)(OOC(C)(C)C)CC1(C)C. The average Bonchev–Trinajstić information content (AvgIpc) is 2.19. The quantitative estimate of drug-likeness (QED) is 0.507. The van der Waals surface area contributed by atoms with Crippen LogP contribution in [0.1, 0.15) is 89.0 Å². The van der Waals surface area contributed by atoms with Crippen LogP contribution in [0.4, 0.5) is 0 Å². The maximum absolute atomic E-state index is 5.92. The zero-order chi connectivity index (χ0) is 18.3. The third kappa shape index (κ3) is 6.33. The summed E-state index contributed by atoms with van der Waals surface area (Å²) in [5, 5.41) is 0. The van der Waals surface area contributed by atoms with Crippen molar-refractivity contribution >= 4 is 0 Å². The van der Waals surface area contributed by atoms with Gasteiger partial charge in [0.15, 0.2) is 0 Å². The lowest BCUT2D eigenvalue weighted by Crippen LogP contribution is -2.56. The molecule has 1 aliphatic carbocycles. The van der Waals surface area contributed by atoms with Gasteiger partial charge in [0.1, 0.15) is 11.7 Å². The van der Waals surface area contributed by atoms with E-state index in [4.69, 9.17) is 19.6 Å². The Balaban J connectivity index is 2.90. The lowest BCUT2D eigenvalue weighted by molar-refractivity contribution is -0.442. The Bertz CT molecular complexity index is 381. The molecule has 0 unspecified atom stereocenters. The standard InChI is InChI=1S/C19H38O4/c1-15(2,3)21-20-14-17(7,8)12-19(11,13-18(14,9)10)23-22-16(4,5)6/h14H,12-13H2,1-11H3. The molecule has 138 valence electrons. The first kappa shape index (κ1) is 20.9. The molecule has 0 saturated heterocycles. The van der Waals surface area contributed by atoms with Gasteiger partial charge in [0.2, 0.25) is 0 Å². The molecule has 0 radical (unpaired) electrons. The molecule has 1 fully saturated rings. The maximum Gasteiger partial charge on any atom is 0.103 e. The van der Waals surface area contributed by atoms with Gasteiger partial charge >= 0.3 is 0 Å². The van der Waals surface area contributed by atoms with Crippen LogP contribution in [0.5, 0.6) is 0 Å². The Morgan fingerprint density at radius 1 is 0.696 bits per heavy atom. The van der Waals surface area contributed by atoms with Gasteiger partial charge in [-0.25, -0.2) is 19.6 Å². The Labute approximate surface area is 143 Å². The van der Waals surface area contributed by atoms with Crippen molar-refractivity contribution in [3.63, 3.8) is 0 Å². The van der Waals surface area contributed by atoms with Crippen molar-refractivity contribution in [2.24, 2.45) is 10.8 Å². The Kier molecular flexibility index (Phi) is 5.71. The molecule has 1 rings (SSSR count). The van der Waals surface area contributed by atoms with Gasteiger partial charge < -0.3 is 0 Å². The summed E-state index contributed by atoms with van der Waals surface area (Å²) in [5.41, 5.74) is -1.17. The molecule has 0 amide bonds. The average molecular weight is 331 g/mol. The summed E-state index contributed by atoms with van der Waals surface area (Å²) in [6.45, 7) is 23.0. The van der Waals surface area contributed by atoms with Crippen LogP contribution in [0.15, 0.2) is 0 Å². The third-order valence-electron chi connectivity index (χ3n) is 3.97. The van der Waals surface area contributed by atoms with Gasteiger partial charge in [0, 0.05) is 0 Å². The number of rotatable bonds is 4. The molecule has 4 heteroatoms. The predicted molar refractivity (Wildman–Crippen MR) is 92.8 cm³/mol. The second kappa shape index (κ2) is 6.29. The summed E-state index contributed by atoms with van der Waals surface area (Å²) < 4.78 is 0. The molecule has 1 aliphatic rings. The summed E-state index contributed by atoms with van der Waals surface area (Å²) in [6.07, 6.45) is 1.68. The molecule has 0 aliphatic heterocycles. The summed E-state index contributed by atoms with van der Waals surface area (Å²) in [4.78, 5) is 23.1. The number of hydrogen-bond acceptors (Lipinski definition) is 4. The molecule has 23 heavy (non-hydrogen) atoms. The minimum atomic E-state index is -0.345. The van der Waals surface area contributed by atoms with Gasteiger partial charge in [0.05, 0.1) is 11.2 Å². The predicted octanol–water partition coefficient (Wildman–Crippen LogP) is 5.45. The minimum Gasteiger partial charge on any atom is -0.232 e. The second-order valence-corrected chi connectivity index (χ2v) is 10.7. The van der Waals surface area contributed by atoms with Gasteiger partial charge in [-0.1, -0.05) is 27.7 Å². The minimum absolute atomic E-state index is 0.0134. The Hall–Kier alpha value is -0.160. The molecular weight excluding hydrogens is 292 g/mol. The smallest absolute Gasteiger partial charge is 0.103 e. The molecule has 0 spiro atoms. The van der Waals surface area contributed by atoms with Crippen LogP contribution >= 0.6 is 0 Å². The molecule has 0 aromatic carbocycles. The Morgan fingerprint density at radius 2 is 1.09 bits per heavy atom. The van der Waals surface area contributed by atoms with Crippen molar-refractivity contribution in [1.82, 2.24) is 0 Å². The highest BCUT2D eigenvalue weighted by Crippen LogP contribution is 2.53. The molecular formula is C19H38O4. The van der Waals surface area contributed by atoms with Crippen LogP contribution in [0.25, 0.3) is 0 Å². The molecule has 0 heterocycles. The van der Waals surface area contributed by atoms with Crippen LogP contribution in [0.2, 0.25) is 0 Å². The molecule has 0 atom stereocenters. The van der Waals surface area contributed by atoms with E-state index in [0.29, 0.717) is 0 Å². The summed E-state index contributed by atoms with van der Waals surface area (Å²) in [6, 6.07) is 0. The first-order valence-corrected chi connectivity index (χ1v) is 8.67. The van der Waals surface area contributed by atoms with E-state index >= 15 is 0 Å². The summed E-state index contributed by atoms with van der Waals surface area (Å²) in [7, 11) is 0. The summed E-state index contributed by atoms with van der Waals surface area (Å²) in [5.74, 6) is 0. The highest BCUT2D eigenvalue weighted by atomic mass is 17.2. The molecule has 0 aromatic heterocycles. The van der Waals surface area contributed by atoms with E-state index in [1.807, 2.05) is 41.5 Å². The highest BCUT2D eigenvalue weighted by Gasteiger charge is 2.55. The van der Waals surface area contributed by atoms with Crippen molar-refractivity contribution in [3.8, 4) is 0 Å². The van der Waals surface area contributed by atoms with Gasteiger partial charge in [-0.05, 0) is 72.1 Å². The largest absolute Gasteiger partial charge is 0.232 e. The Morgan fingerprint density at radius 3 is 1.43 bits per heavy atom. The maximum atomic E-state index is 5.92. The van der Waals surface area contributed by atoms with Gasteiger partial charge in [-0.15, -0.1) is 0 Å². The van der Waals surface area contributed by atoms with Crippen molar-refractivity contribution in [2.75, 3.05) is 0 Å². The fourth-order valence-corrected chi connectivity index (χ4v) is 3.97. The van der Waals surface area contributed by atoms with Gasteiger partial charge in [-0.3, -0.25) is 0 Å². The van der Waals surface area contributed by atoms with E-state index in [1.165, 1.54) is 0 Å². The third-order valence-corrected chi connectivity index (χ3v) is 3.97. The van der Waals surface area contributed by atoms with Crippen molar-refractivity contribution < 1.29 is 19.6 Å². The first-order valence-electron chi connectivity index (χ1n) is 8.67. The van der Waals surface area contributed by atoms with Crippen molar-refractivity contribution in [2.45, 2.75) is 112 Å². The lowest BCUT2D eigenvalue weighted by Gasteiger charge is -2.54. The summed E-state index contributed by atoms with van der Waals surface area (Å²) >= 11 is 0. The van der Waals surface area contributed by atoms with Crippen molar-refractivity contribution in [1.29, 1.82) is 0 Å². The van der Waals surface area contributed by atoms with Crippen LogP contribution in [-0.4, -0.2) is 22.9 Å². The molecule has 0 aromatic rings. The van der Waals surface area contributed by atoms with E-state index in [1.54, 1.807) is 0 Å². The molecule has 0 bridgehead atoms. The normalized spacial score (nSPS) is 31.2. The van der Waals surface area contributed by atoms with Gasteiger partial charge in [0.25, 0.3) is 0 Å². The number of hydrogen-bond donors (Lipinski definition) is 0. The van der Waals surface area contributed by atoms with E-state index in [9.17, 15) is 0 Å². The van der Waals surface area contributed by atoms with E-state index in [-0.39, 0.29) is 33.7 Å². The van der Waals surface area contributed by atoms with Crippen LogP contribution < -0.4 is 0 Å². The van der Waals surface area contributed by atoms with Crippen LogP contribution in [0.3, 0.4) is 0 Å². The van der Waals surface area contributed by atoms with E-state index in [0.717, 1.165) is 12.8 Å². The van der Waals surface area contributed by atoms with Crippen LogP contribution in [-0.2, 0) is 19.6 Å². The van der Waals surface area contributed by atoms with E-state index in [2.05, 4.69) is 34.6 Å². The molecule has 1 saturated carbocycles. The molecule has 4 nitrogen and oxygen atoms in total. The fourth-order valence-electron chi connectivity index (χ4n) is 3.97. The topological polar surface area (TPSA) is 36.9 Å². The van der Waals surface area contributed by atoms with Crippen LogP contribution in [0, 0.1) is 10.8 Å². The van der Waals surface area contributed by atoms with Crippen molar-refractivity contribution in [3.05, 3.63) is 0 Å². The second-order valence-electron chi connectivity index (χ2n) is 10.7. The zero-order valence-electron chi connectivity index (χ0n) is 17.1. The first-order chi connectivity index (χ1) is 9.96. The van der Waals surface area contributed by atoms with Gasteiger partial charge in [-0.2, -0.15) is 0 Å². The fraction of sp³-hybridized carbons (Fsp3) is 1.00. The molecule has 0 N–H and O–H groups in total. The monoisotopic (exact) mass is 330 g/mol. The lowest BCUT2D eigenvalue weighted by atomic mass is 9.58. The zero-order valence-corrected chi connectivity index (χ0v) is 17.1.